The highest BCUT2D eigenvalue weighted by molar-refractivity contribution is 7.98. The molecule has 0 unspecified atom stereocenters. The van der Waals surface area contributed by atoms with Crippen LogP contribution in [-0.2, 0) is 5.75 Å². The lowest BCUT2D eigenvalue weighted by Crippen LogP contribution is -2.19. The van der Waals surface area contributed by atoms with Crippen molar-refractivity contribution in [1.29, 1.82) is 0 Å². The zero-order valence-corrected chi connectivity index (χ0v) is 14.8. The summed E-state index contributed by atoms with van der Waals surface area (Å²) in [7, 11) is 0. The summed E-state index contributed by atoms with van der Waals surface area (Å²) in [6.07, 6.45) is 0. The molecule has 2 heterocycles. The second-order valence-electron chi connectivity index (χ2n) is 5.83. The highest BCUT2D eigenvalue weighted by Gasteiger charge is 2.16. The van der Waals surface area contributed by atoms with Crippen molar-refractivity contribution in [1.82, 2.24) is 19.6 Å². The minimum Gasteiger partial charge on any atom is -0.285 e. The Balaban J connectivity index is 1.74. The first kappa shape index (κ1) is 16.5. The number of nitrogens with one attached hydrogen (secondary N) is 1. The van der Waals surface area contributed by atoms with Crippen LogP contribution in [0.25, 0.3) is 16.8 Å². The first-order valence-electron chi connectivity index (χ1n) is 8.04. The fraction of sp³-hybridized carbons (Fsp3) is 0.105. The maximum Gasteiger partial charge on any atom is 0.350 e. The molecule has 0 saturated heterocycles. The lowest BCUT2D eigenvalue weighted by atomic mass is 10.1. The van der Waals surface area contributed by atoms with Gasteiger partial charge in [0.25, 0.3) is 0 Å². The van der Waals surface area contributed by atoms with E-state index in [1.54, 1.807) is 6.07 Å². The van der Waals surface area contributed by atoms with Gasteiger partial charge in [-0.15, -0.1) is 0 Å². The second kappa shape index (κ2) is 6.76. The summed E-state index contributed by atoms with van der Waals surface area (Å²) in [5.74, 6) is 0.225. The van der Waals surface area contributed by atoms with Crippen molar-refractivity contribution in [2.75, 3.05) is 0 Å². The van der Waals surface area contributed by atoms with Crippen LogP contribution < -0.4 is 5.69 Å². The van der Waals surface area contributed by atoms with Crippen LogP contribution in [0.3, 0.4) is 0 Å². The van der Waals surface area contributed by atoms with Gasteiger partial charge < -0.3 is 0 Å². The Morgan fingerprint density at radius 2 is 1.96 bits per heavy atom. The Hall–Kier alpha value is -2.93. The van der Waals surface area contributed by atoms with E-state index < -0.39 is 0 Å². The van der Waals surface area contributed by atoms with Crippen molar-refractivity contribution in [3.05, 3.63) is 82.2 Å². The number of H-pyrrole nitrogens is 1. The van der Waals surface area contributed by atoms with Crippen molar-refractivity contribution in [2.24, 2.45) is 0 Å². The van der Waals surface area contributed by atoms with Crippen LogP contribution in [0.2, 0.25) is 0 Å². The molecule has 0 aliphatic heterocycles. The van der Waals surface area contributed by atoms with Gasteiger partial charge in [-0.3, -0.25) is 4.98 Å². The van der Waals surface area contributed by atoms with Crippen LogP contribution >= 0.6 is 11.8 Å². The number of benzene rings is 2. The summed E-state index contributed by atoms with van der Waals surface area (Å²) >= 11 is 1.35. The molecular formula is C19H15FN4OS. The Morgan fingerprint density at radius 3 is 2.73 bits per heavy atom. The molecule has 0 aliphatic carbocycles. The average molecular weight is 366 g/mol. The number of halogens is 1. The van der Waals surface area contributed by atoms with Gasteiger partial charge in [0.15, 0.2) is 10.8 Å². The third-order valence-corrected chi connectivity index (χ3v) is 4.92. The number of nitrogens with zero attached hydrogens (tertiary/aromatic N) is 3. The molecule has 0 bridgehead atoms. The monoisotopic (exact) mass is 366 g/mol. The van der Waals surface area contributed by atoms with E-state index in [0.717, 1.165) is 22.4 Å². The predicted octanol–water partition coefficient (Wildman–Crippen LogP) is 3.82. The molecule has 0 amide bonds. The first-order valence-corrected chi connectivity index (χ1v) is 9.03. The maximum atomic E-state index is 13.3. The largest absolute Gasteiger partial charge is 0.350 e. The molecule has 0 aliphatic rings. The van der Waals surface area contributed by atoms with Gasteiger partial charge in [-0.25, -0.2) is 14.2 Å². The number of thioether (sulfide) groups is 1. The topological polar surface area (TPSA) is 63.1 Å². The maximum absolute atomic E-state index is 13.3. The molecule has 0 radical (unpaired) electrons. The number of aryl methyl sites for hydroxylation is 1. The number of aromatic nitrogens is 4. The molecule has 1 N–H and O–H groups in total. The summed E-state index contributed by atoms with van der Waals surface area (Å²) in [6.45, 7) is 1.86. The van der Waals surface area contributed by atoms with E-state index in [2.05, 4.69) is 15.1 Å². The fourth-order valence-electron chi connectivity index (χ4n) is 2.82. The van der Waals surface area contributed by atoms with Crippen LogP contribution in [0, 0.1) is 12.7 Å². The summed E-state index contributed by atoms with van der Waals surface area (Å²) < 4.78 is 14.6. The summed E-state index contributed by atoms with van der Waals surface area (Å²) in [4.78, 5) is 19.7. The van der Waals surface area contributed by atoms with Gasteiger partial charge in [0.2, 0.25) is 0 Å². The molecule has 2 aromatic carbocycles. The van der Waals surface area contributed by atoms with Crippen LogP contribution in [0.5, 0.6) is 0 Å². The molecule has 26 heavy (non-hydrogen) atoms. The van der Waals surface area contributed by atoms with E-state index in [9.17, 15) is 9.18 Å². The van der Waals surface area contributed by atoms with Crippen LogP contribution in [0.1, 0.15) is 11.3 Å². The van der Waals surface area contributed by atoms with Gasteiger partial charge in [-0.05, 0) is 30.2 Å². The van der Waals surface area contributed by atoms with Crippen molar-refractivity contribution < 1.29 is 4.39 Å². The molecule has 4 rings (SSSR count). The third kappa shape index (κ3) is 3.13. The Bertz CT molecular complexity index is 1140. The van der Waals surface area contributed by atoms with Crippen molar-refractivity contribution in [2.45, 2.75) is 17.8 Å². The van der Waals surface area contributed by atoms with E-state index in [1.807, 2.05) is 43.3 Å². The van der Waals surface area contributed by atoms with Gasteiger partial charge >= 0.3 is 5.69 Å². The highest BCUT2D eigenvalue weighted by Crippen LogP contribution is 2.27. The average Bonchev–Trinajstić information content (AvgIpc) is 2.97. The molecule has 0 saturated carbocycles. The van der Waals surface area contributed by atoms with Gasteiger partial charge in [0, 0.05) is 11.3 Å². The number of hydrogen-bond donors (Lipinski definition) is 1. The molecule has 4 aromatic rings. The molecule has 2 aromatic heterocycles. The number of hydrogen-bond acceptors (Lipinski definition) is 4. The molecule has 130 valence electrons. The van der Waals surface area contributed by atoms with E-state index in [1.165, 1.54) is 28.4 Å². The van der Waals surface area contributed by atoms with Gasteiger partial charge in [0.05, 0.1) is 5.69 Å². The SMILES string of the molecule is Cc1nn2c(=O)[nH]c(SCc3cccc(F)c3)nc2c1-c1ccccc1. The minimum atomic E-state index is -0.345. The summed E-state index contributed by atoms with van der Waals surface area (Å²) in [6, 6.07) is 16.1. The normalized spacial score (nSPS) is 11.2. The quantitative estimate of drug-likeness (QED) is 0.558. The second-order valence-corrected chi connectivity index (χ2v) is 6.79. The Morgan fingerprint density at radius 1 is 1.15 bits per heavy atom. The van der Waals surface area contributed by atoms with E-state index >= 15 is 0 Å². The zero-order chi connectivity index (χ0) is 18.1. The van der Waals surface area contributed by atoms with Crippen molar-refractivity contribution in [3.63, 3.8) is 0 Å². The Labute approximate surface area is 152 Å². The third-order valence-electron chi connectivity index (χ3n) is 3.98. The molecule has 0 fully saturated rings. The fourth-order valence-corrected chi connectivity index (χ4v) is 3.61. The van der Waals surface area contributed by atoms with Gasteiger partial charge in [-0.2, -0.15) is 9.61 Å². The zero-order valence-electron chi connectivity index (χ0n) is 13.9. The first-order chi connectivity index (χ1) is 12.6. The van der Waals surface area contributed by atoms with Crippen molar-refractivity contribution in [3.8, 4) is 11.1 Å². The number of rotatable bonds is 4. The molecule has 7 heteroatoms. The van der Waals surface area contributed by atoms with Gasteiger partial charge in [0.1, 0.15) is 5.82 Å². The number of aromatic amines is 1. The predicted molar refractivity (Wildman–Crippen MR) is 99.7 cm³/mol. The minimum absolute atomic E-state index is 0.280. The molecular weight excluding hydrogens is 351 g/mol. The number of fused-ring (bicyclic) bond motifs is 1. The molecule has 5 nitrogen and oxygen atoms in total. The van der Waals surface area contributed by atoms with Crippen LogP contribution in [0.15, 0.2) is 64.5 Å². The van der Waals surface area contributed by atoms with Crippen molar-refractivity contribution >= 4 is 17.4 Å². The molecule has 0 spiro atoms. The summed E-state index contributed by atoms with van der Waals surface area (Å²) in [5.41, 5.74) is 3.52. The van der Waals surface area contributed by atoms with E-state index in [4.69, 9.17) is 0 Å². The standard InChI is InChI=1S/C19H15FN4OS/c1-12-16(14-7-3-2-4-8-14)17-21-18(22-19(25)24(17)23-12)26-11-13-6-5-9-15(20)10-13/h2-10H,11H2,1H3,(H,21,22,25). The van der Waals surface area contributed by atoms with Crippen LogP contribution in [0.4, 0.5) is 4.39 Å². The Kier molecular flexibility index (Phi) is 4.30. The smallest absolute Gasteiger partial charge is 0.285 e. The summed E-state index contributed by atoms with van der Waals surface area (Å²) in [5, 5.41) is 4.79. The highest BCUT2D eigenvalue weighted by atomic mass is 32.2. The van der Waals surface area contributed by atoms with E-state index in [-0.39, 0.29) is 11.5 Å². The molecule has 0 atom stereocenters. The lowest BCUT2D eigenvalue weighted by Gasteiger charge is -2.04. The lowest BCUT2D eigenvalue weighted by molar-refractivity contribution is 0.626. The van der Waals surface area contributed by atoms with E-state index in [0.29, 0.717) is 16.6 Å². The van der Waals surface area contributed by atoms with Gasteiger partial charge in [-0.1, -0.05) is 54.2 Å². The van der Waals surface area contributed by atoms with Crippen LogP contribution in [-0.4, -0.2) is 19.6 Å².